The van der Waals surface area contributed by atoms with E-state index in [-0.39, 0.29) is 11.8 Å². The molecule has 3 aliphatic rings. The van der Waals surface area contributed by atoms with Crippen molar-refractivity contribution < 1.29 is 9.59 Å². The molecule has 2 atom stereocenters. The molecule has 156 valence electrons. The van der Waals surface area contributed by atoms with E-state index in [2.05, 4.69) is 43.0 Å². The number of nitrogens with one attached hydrogen (secondary N) is 3. The number of anilines is 4. The number of hydrogen-bond acceptors (Lipinski definition) is 7. The molecule has 3 fully saturated rings. The third kappa shape index (κ3) is 3.74. The first-order valence-electron chi connectivity index (χ1n) is 10.4. The number of carbonyl (C=O) groups is 2. The van der Waals surface area contributed by atoms with Gasteiger partial charge in [0.15, 0.2) is 0 Å². The predicted octanol–water partition coefficient (Wildman–Crippen LogP) is 1.47. The average Bonchev–Trinajstić information content (AvgIpc) is 3.49. The van der Waals surface area contributed by atoms with Gasteiger partial charge in [0.25, 0.3) is 5.91 Å². The van der Waals surface area contributed by atoms with E-state index >= 15 is 0 Å². The van der Waals surface area contributed by atoms with Gasteiger partial charge in [0, 0.05) is 55.1 Å². The standard InChI is InChI=1S/C21H25N7O2/c22-18(29)17-10-24-21(27-19(17)25-13-1-2-13)26-14-3-5-15(6-4-14)28-8-7-16-12(11-28)9-23-20(16)30/h3-6,10,12-13,16H,1-2,7-9,11H2,(H2,22,29)(H,23,30)(H2,24,25,26,27). The van der Waals surface area contributed by atoms with Crippen LogP contribution >= 0.6 is 0 Å². The van der Waals surface area contributed by atoms with Gasteiger partial charge in [-0.15, -0.1) is 0 Å². The van der Waals surface area contributed by atoms with E-state index in [1.807, 2.05) is 12.1 Å². The SMILES string of the molecule is NC(=O)c1cnc(Nc2ccc(N3CCC4C(=O)NCC4C3)cc2)nc1NC1CC1. The van der Waals surface area contributed by atoms with Crippen LogP contribution in [0.25, 0.3) is 0 Å². The normalized spacial score (nSPS) is 22.9. The molecule has 2 amide bonds. The summed E-state index contributed by atoms with van der Waals surface area (Å²) in [6.07, 6.45) is 4.48. The van der Waals surface area contributed by atoms with Crippen LogP contribution in [0.4, 0.5) is 23.1 Å². The number of primary amides is 1. The summed E-state index contributed by atoms with van der Waals surface area (Å²) in [5, 5.41) is 9.40. The van der Waals surface area contributed by atoms with Crippen LogP contribution in [0.5, 0.6) is 0 Å². The van der Waals surface area contributed by atoms with E-state index in [0.29, 0.717) is 29.3 Å². The summed E-state index contributed by atoms with van der Waals surface area (Å²) in [6, 6.07) is 8.44. The van der Waals surface area contributed by atoms with Crippen molar-refractivity contribution >= 4 is 35.0 Å². The van der Waals surface area contributed by atoms with Crippen molar-refractivity contribution in [3.63, 3.8) is 0 Å². The molecule has 0 bridgehead atoms. The van der Waals surface area contributed by atoms with Crippen LogP contribution in [0.3, 0.4) is 0 Å². The van der Waals surface area contributed by atoms with Crippen molar-refractivity contribution in [2.24, 2.45) is 17.6 Å². The van der Waals surface area contributed by atoms with Crippen molar-refractivity contribution in [1.29, 1.82) is 0 Å². The third-order valence-electron chi connectivity index (χ3n) is 6.07. The lowest BCUT2D eigenvalue weighted by Gasteiger charge is -2.35. The van der Waals surface area contributed by atoms with E-state index in [4.69, 9.17) is 5.73 Å². The molecule has 2 unspecified atom stereocenters. The Bertz CT molecular complexity index is 974. The van der Waals surface area contributed by atoms with Crippen LogP contribution in [0.15, 0.2) is 30.5 Å². The van der Waals surface area contributed by atoms with Crippen LogP contribution in [0.2, 0.25) is 0 Å². The zero-order chi connectivity index (χ0) is 20.7. The maximum Gasteiger partial charge on any atom is 0.254 e. The average molecular weight is 407 g/mol. The summed E-state index contributed by atoms with van der Waals surface area (Å²) < 4.78 is 0. The highest BCUT2D eigenvalue weighted by atomic mass is 16.2. The zero-order valence-corrected chi connectivity index (χ0v) is 16.6. The number of amides is 2. The molecule has 1 aliphatic carbocycles. The van der Waals surface area contributed by atoms with Gasteiger partial charge in [0.05, 0.1) is 5.56 Å². The molecule has 30 heavy (non-hydrogen) atoms. The molecular formula is C21H25N7O2. The van der Waals surface area contributed by atoms with Gasteiger partial charge < -0.3 is 26.6 Å². The number of piperidine rings is 1. The first kappa shape index (κ1) is 18.7. The van der Waals surface area contributed by atoms with Gasteiger partial charge in [0.2, 0.25) is 11.9 Å². The number of nitrogens with zero attached hydrogens (tertiary/aromatic N) is 3. The molecular weight excluding hydrogens is 382 g/mol. The van der Waals surface area contributed by atoms with E-state index in [1.54, 1.807) is 0 Å². The molecule has 3 heterocycles. The summed E-state index contributed by atoms with van der Waals surface area (Å²) in [7, 11) is 0. The molecule has 1 aromatic heterocycles. The molecule has 2 saturated heterocycles. The Morgan fingerprint density at radius 3 is 2.73 bits per heavy atom. The largest absolute Gasteiger partial charge is 0.371 e. The molecule has 1 saturated carbocycles. The van der Waals surface area contributed by atoms with Crippen molar-refractivity contribution in [2.75, 3.05) is 35.2 Å². The molecule has 9 nitrogen and oxygen atoms in total. The maximum atomic E-state index is 11.8. The molecule has 9 heteroatoms. The second kappa shape index (κ2) is 7.47. The molecule has 5 N–H and O–H groups in total. The van der Waals surface area contributed by atoms with Gasteiger partial charge in [-0.05, 0) is 43.5 Å². The number of nitrogens with two attached hydrogens (primary N) is 1. The highest BCUT2D eigenvalue weighted by Crippen LogP contribution is 2.31. The van der Waals surface area contributed by atoms with Crippen LogP contribution in [-0.2, 0) is 4.79 Å². The second-order valence-corrected chi connectivity index (χ2v) is 8.26. The number of fused-ring (bicyclic) bond motifs is 1. The maximum absolute atomic E-state index is 11.8. The number of carbonyl (C=O) groups excluding carboxylic acids is 2. The lowest BCUT2D eigenvalue weighted by molar-refractivity contribution is -0.123. The molecule has 1 aromatic carbocycles. The lowest BCUT2D eigenvalue weighted by atomic mass is 9.88. The number of rotatable bonds is 6. The van der Waals surface area contributed by atoms with Crippen molar-refractivity contribution in [2.45, 2.75) is 25.3 Å². The van der Waals surface area contributed by atoms with Crippen LogP contribution in [0, 0.1) is 11.8 Å². The fourth-order valence-corrected chi connectivity index (χ4v) is 4.22. The lowest BCUT2D eigenvalue weighted by Crippen LogP contribution is -2.40. The smallest absolute Gasteiger partial charge is 0.254 e. The van der Waals surface area contributed by atoms with Gasteiger partial charge in [-0.3, -0.25) is 9.59 Å². The summed E-state index contributed by atoms with van der Waals surface area (Å²) in [4.78, 5) is 34.5. The fourth-order valence-electron chi connectivity index (χ4n) is 4.22. The number of aromatic nitrogens is 2. The van der Waals surface area contributed by atoms with Crippen LogP contribution in [0.1, 0.15) is 29.6 Å². The van der Waals surface area contributed by atoms with E-state index in [0.717, 1.165) is 50.3 Å². The van der Waals surface area contributed by atoms with Gasteiger partial charge in [-0.25, -0.2) is 4.98 Å². The minimum Gasteiger partial charge on any atom is -0.371 e. The summed E-state index contributed by atoms with van der Waals surface area (Å²) in [6.45, 7) is 2.55. The Labute approximate surface area is 174 Å². The monoisotopic (exact) mass is 407 g/mol. The van der Waals surface area contributed by atoms with E-state index in [1.165, 1.54) is 6.20 Å². The summed E-state index contributed by atoms with van der Waals surface area (Å²) in [5.41, 5.74) is 7.73. The van der Waals surface area contributed by atoms with E-state index < -0.39 is 5.91 Å². The third-order valence-corrected chi connectivity index (χ3v) is 6.07. The van der Waals surface area contributed by atoms with Gasteiger partial charge >= 0.3 is 0 Å². The minimum absolute atomic E-state index is 0.168. The first-order chi connectivity index (χ1) is 14.6. The number of benzene rings is 1. The quantitative estimate of drug-likeness (QED) is 0.571. The summed E-state index contributed by atoms with van der Waals surface area (Å²) in [5.74, 6) is 1.10. The van der Waals surface area contributed by atoms with Gasteiger partial charge in [0.1, 0.15) is 5.82 Å². The molecule has 0 radical (unpaired) electrons. The summed E-state index contributed by atoms with van der Waals surface area (Å²) >= 11 is 0. The highest BCUT2D eigenvalue weighted by molar-refractivity contribution is 5.97. The molecule has 2 aromatic rings. The number of hydrogen-bond donors (Lipinski definition) is 4. The Morgan fingerprint density at radius 2 is 2.00 bits per heavy atom. The fraction of sp³-hybridized carbons (Fsp3) is 0.429. The van der Waals surface area contributed by atoms with Crippen molar-refractivity contribution in [3.05, 3.63) is 36.0 Å². The molecule has 2 aliphatic heterocycles. The Morgan fingerprint density at radius 1 is 1.20 bits per heavy atom. The minimum atomic E-state index is -0.544. The van der Waals surface area contributed by atoms with Gasteiger partial charge in [-0.1, -0.05) is 0 Å². The Hall–Kier alpha value is -3.36. The Kier molecular flexibility index (Phi) is 4.65. The molecule has 0 spiro atoms. The Balaban J connectivity index is 1.27. The molecule has 5 rings (SSSR count). The predicted molar refractivity (Wildman–Crippen MR) is 114 cm³/mol. The zero-order valence-electron chi connectivity index (χ0n) is 16.6. The second-order valence-electron chi connectivity index (χ2n) is 8.26. The van der Waals surface area contributed by atoms with Crippen LogP contribution in [-0.4, -0.2) is 47.5 Å². The van der Waals surface area contributed by atoms with Crippen LogP contribution < -0.4 is 26.6 Å². The van der Waals surface area contributed by atoms with Gasteiger partial charge in [-0.2, -0.15) is 4.98 Å². The van der Waals surface area contributed by atoms with E-state index in [9.17, 15) is 9.59 Å². The first-order valence-corrected chi connectivity index (χ1v) is 10.4. The highest BCUT2D eigenvalue weighted by Gasteiger charge is 2.38. The van der Waals surface area contributed by atoms with Crippen molar-refractivity contribution in [3.8, 4) is 0 Å². The topological polar surface area (TPSA) is 125 Å². The van der Waals surface area contributed by atoms with Crippen molar-refractivity contribution in [1.82, 2.24) is 15.3 Å².